The van der Waals surface area contributed by atoms with Gasteiger partial charge in [-0.3, -0.25) is 9.36 Å². The molecule has 0 radical (unpaired) electrons. The van der Waals surface area contributed by atoms with Gasteiger partial charge in [0.15, 0.2) is 0 Å². The molecule has 0 fully saturated rings. The Morgan fingerprint density at radius 2 is 1.95 bits per heavy atom. The van der Waals surface area contributed by atoms with Crippen LogP contribution >= 0.6 is 11.6 Å². The highest BCUT2D eigenvalue weighted by Crippen LogP contribution is 2.13. The van der Waals surface area contributed by atoms with Crippen molar-refractivity contribution in [2.45, 2.75) is 26.3 Å². The topological polar surface area (TPSA) is 34.9 Å². The van der Waals surface area contributed by atoms with Gasteiger partial charge in [-0.05, 0) is 25.3 Å². The third kappa shape index (κ3) is 3.24. The van der Waals surface area contributed by atoms with Gasteiger partial charge >= 0.3 is 0 Å². The van der Waals surface area contributed by atoms with Crippen LogP contribution in [0.25, 0.3) is 11.1 Å². The summed E-state index contributed by atoms with van der Waals surface area (Å²) in [5.41, 5.74) is 1.58. The minimum Gasteiger partial charge on any atom is -0.296 e. The van der Waals surface area contributed by atoms with Gasteiger partial charge in [-0.15, -0.1) is 11.6 Å². The second kappa shape index (κ2) is 6.53. The van der Waals surface area contributed by atoms with Crippen LogP contribution in [0.15, 0.2) is 41.3 Å². The highest BCUT2D eigenvalue weighted by atomic mass is 35.5. The average molecular weight is 277 g/mol. The van der Waals surface area contributed by atoms with E-state index in [1.54, 1.807) is 10.8 Å². The number of alkyl halides is 1. The van der Waals surface area contributed by atoms with Gasteiger partial charge in [0.2, 0.25) is 0 Å². The molecule has 0 aliphatic heterocycles. The first-order valence-corrected chi connectivity index (χ1v) is 6.95. The molecule has 1 heterocycles. The van der Waals surface area contributed by atoms with Gasteiger partial charge in [0.1, 0.15) is 5.82 Å². The SMILES string of the molecule is Cc1ncc(-c2ccccc2)c(=O)n1CCCCCl. The van der Waals surface area contributed by atoms with Crippen LogP contribution in [-0.4, -0.2) is 15.4 Å². The van der Waals surface area contributed by atoms with Crippen molar-refractivity contribution in [3.05, 3.63) is 52.7 Å². The molecule has 0 saturated carbocycles. The zero-order chi connectivity index (χ0) is 13.7. The third-order valence-electron chi connectivity index (χ3n) is 3.10. The maximum atomic E-state index is 12.5. The van der Waals surface area contributed by atoms with Crippen LogP contribution in [-0.2, 0) is 6.54 Å². The van der Waals surface area contributed by atoms with Crippen LogP contribution in [0.2, 0.25) is 0 Å². The molecule has 0 saturated heterocycles. The lowest BCUT2D eigenvalue weighted by molar-refractivity contribution is 0.588. The number of rotatable bonds is 5. The molecule has 0 spiro atoms. The van der Waals surface area contributed by atoms with Gasteiger partial charge in [-0.2, -0.15) is 0 Å². The van der Waals surface area contributed by atoms with Gasteiger partial charge in [-0.1, -0.05) is 30.3 Å². The average Bonchev–Trinajstić information content (AvgIpc) is 2.43. The summed E-state index contributed by atoms with van der Waals surface area (Å²) in [6.07, 6.45) is 3.46. The maximum Gasteiger partial charge on any atom is 0.261 e. The zero-order valence-corrected chi connectivity index (χ0v) is 11.7. The molecule has 0 N–H and O–H groups in total. The highest BCUT2D eigenvalue weighted by molar-refractivity contribution is 6.17. The minimum absolute atomic E-state index is 0.0215. The number of nitrogens with zero attached hydrogens (tertiary/aromatic N) is 2. The van der Waals surface area contributed by atoms with Crippen molar-refractivity contribution in [2.24, 2.45) is 0 Å². The predicted octanol–water partition coefficient (Wildman–Crippen LogP) is 3.24. The van der Waals surface area contributed by atoms with Crippen LogP contribution in [0.4, 0.5) is 0 Å². The normalized spacial score (nSPS) is 10.6. The Balaban J connectivity index is 2.37. The number of hydrogen-bond acceptors (Lipinski definition) is 2. The molecular formula is C15H17ClN2O. The molecule has 0 aliphatic rings. The van der Waals surface area contributed by atoms with E-state index in [0.717, 1.165) is 24.2 Å². The molecule has 0 bridgehead atoms. The molecule has 0 aliphatic carbocycles. The Hall–Kier alpha value is -1.61. The molecule has 2 aromatic rings. The van der Waals surface area contributed by atoms with Gasteiger partial charge in [0, 0.05) is 18.6 Å². The Morgan fingerprint density at radius 3 is 2.63 bits per heavy atom. The summed E-state index contributed by atoms with van der Waals surface area (Å²) >= 11 is 5.67. The van der Waals surface area contributed by atoms with E-state index >= 15 is 0 Å². The second-order valence-electron chi connectivity index (χ2n) is 4.44. The van der Waals surface area contributed by atoms with E-state index in [1.165, 1.54) is 0 Å². The largest absolute Gasteiger partial charge is 0.296 e. The summed E-state index contributed by atoms with van der Waals surface area (Å²) in [4.78, 5) is 16.8. The smallest absolute Gasteiger partial charge is 0.261 e. The number of hydrogen-bond donors (Lipinski definition) is 0. The fourth-order valence-corrected chi connectivity index (χ4v) is 2.21. The predicted molar refractivity (Wildman–Crippen MR) is 78.6 cm³/mol. The van der Waals surface area contributed by atoms with Crippen molar-refractivity contribution < 1.29 is 0 Å². The van der Waals surface area contributed by atoms with Crippen LogP contribution in [0.5, 0.6) is 0 Å². The Morgan fingerprint density at radius 1 is 1.21 bits per heavy atom. The van der Waals surface area contributed by atoms with Gasteiger partial charge < -0.3 is 0 Å². The van der Waals surface area contributed by atoms with Crippen molar-refractivity contribution in [3.8, 4) is 11.1 Å². The van der Waals surface area contributed by atoms with E-state index in [2.05, 4.69) is 4.98 Å². The summed E-state index contributed by atoms with van der Waals surface area (Å²) < 4.78 is 1.73. The molecule has 100 valence electrons. The van der Waals surface area contributed by atoms with Crippen molar-refractivity contribution >= 4 is 11.6 Å². The van der Waals surface area contributed by atoms with Crippen molar-refractivity contribution in [1.82, 2.24) is 9.55 Å². The van der Waals surface area contributed by atoms with E-state index < -0.39 is 0 Å². The van der Waals surface area contributed by atoms with E-state index in [9.17, 15) is 4.79 Å². The van der Waals surface area contributed by atoms with Crippen molar-refractivity contribution in [2.75, 3.05) is 5.88 Å². The molecule has 3 nitrogen and oxygen atoms in total. The fraction of sp³-hybridized carbons (Fsp3) is 0.333. The lowest BCUT2D eigenvalue weighted by atomic mass is 10.1. The highest BCUT2D eigenvalue weighted by Gasteiger charge is 2.08. The van der Waals surface area contributed by atoms with Crippen molar-refractivity contribution in [1.29, 1.82) is 0 Å². The first-order valence-electron chi connectivity index (χ1n) is 6.42. The van der Waals surface area contributed by atoms with E-state index in [0.29, 0.717) is 18.0 Å². The molecule has 1 aromatic carbocycles. The lowest BCUT2D eigenvalue weighted by Gasteiger charge is -2.10. The zero-order valence-electron chi connectivity index (χ0n) is 11.0. The van der Waals surface area contributed by atoms with Crippen LogP contribution in [0.1, 0.15) is 18.7 Å². The van der Waals surface area contributed by atoms with E-state index in [4.69, 9.17) is 11.6 Å². The third-order valence-corrected chi connectivity index (χ3v) is 3.36. The fourth-order valence-electron chi connectivity index (χ4n) is 2.02. The van der Waals surface area contributed by atoms with Crippen LogP contribution in [0.3, 0.4) is 0 Å². The van der Waals surface area contributed by atoms with Crippen LogP contribution in [0, 0.1) is 6.92 Å². The molecule has 2 rings (SSSR count). The molecule has 19 heavy (non-hydrogen) atoms. The van der Waals surface area contributed by atoms with Gasteiger partial charge in [0.05, 0.1) is 5.56 Å². The van der Waals surface area contributed by atoms with Crippen molar-refractivity contribution in [3.63, 3.8) is 0 Å². The number of aryl methyl sites for hydroxylation is 1. The number of aromatic nitrogens is 2. The standard InChI is InChI=1S/C15H17ClN2O/c1-12-17-11-14(13-7-3-2-4-8-13)15(19)18(12)10-6-5-9-16/h2-4,7-8,11H,5-6,9-10H2,1H3. The number of halogens is 1. The molecule has 1 aromatic heterocycles. The first-order chi connectivity index (χ1) is 9.24. The number of benzene rings is 1. The van der Waals surface area contributed by atoms with E-state index in [-0.39, 0.29) is 5.56 Å². The molecule has 4 heteroatoms. The van der Waals surface area contributed by atoms with Gasteiger partial charge in [-0.25, -0.2) is 4.98 Å². The summed E-state index contributed by atoms with van der Waals surface area (Å²) in [5.74, 6) is 1.37. The summed E-state index contributed by atoms with van der Waals surface area (Å²) in [6.45, 7) is 2.53. The summed E-state index contributed by atoms with van der Waals surface area (Å²) in [7, 11) is 0. The summed E-state index contributed by atoms with van der Waals surface area (Å²) in [6, 6.07) is 9.64. The molecular weight excluding hydrogens is 260 g/mol. The first kappa shape index (κ1) is 13.8. The number of unbranched alkanes of at least 4 members (excludes halogenated alkanes) is 1. The van der Waals surface area contributed by atoms with Crippen LogP contribution < -0.4 is 5.56 Å². The Kier molecular flexibility index (Phi) is 4.74. The van der Waals surface area contributed by atoms with Gasteiger partial charge in [0.25, 0.3) is 5.56 Å². The summed E-state index contributed by atoms with van der Waals surface area (Å²) in [5, 5.41) is 0. The Bertz CT molecular complexity index is 593. The second-order valence-corrected chi connectivity index (χ2v) is 4.82. The Labute approximate surface area is 117 Å². The molecule has 0 amide bonds. The minimum atomic E-state index is 0.0215. The molecule has 0 unspecified atom stereocenters. The maximum absolute atomic E-state index is 12.5. The molecule has 0 atom stereocenters. The quantitative estimate of drug-likeness (QED) is 0.621. The monoisotopic (exact) mass is 276 g/mol. The lowest BCUT2D eigenvalue weighted by Crippen LogP contribution is -2.25. The van der Waals surface area contributed by atoms with E-state index in [1.807, 2.05) is 37.3 Å².